The van der Waals surface area contributed by atoms with Gasteiger partial charge in [-0.25, -0.2) is 4.79 Å². The summed E-state index contributed by atoms with van der Waals surface area (Å²) in [6, 6.07) is 4.30. The molecule has 1 N–H and O–H groups in total. The van der Waals surface area contributed by atoms with E-state index in [0.717, 1.165) is 6.08 Å². The molecule has 0 unspecified atom stereocenters. The maximum Gasteiger partial charge on any atom is 0.330 e. The zero-order valence-electron chi connectivity index (χ0n) is 14.3. The van der Waals surface area contributed by atoms with E-state index >= 15 is 0 Å². The van der Waals surface area contributed by atoms with E-state index in [1.807, 2.05) is 0 Å². The number of aromatic hydroxyl groups is 1. The van der Waals surface area contributed by atoms with Crippen molar-refractivity contribution in [1.29, 1.82) is 0 Å². The molecule has 26 heavy (non-hydrogen) atoms. The Balaban J connectivity index is 2.02. The fourth-order valence-electron chi connectivity index (χ4n) is 2.04. The van der Waals surface area contributed by atoms with Crippen LogP contribution in [-0.4, -0.2) is 38.6 Å². The summed E-state index contributed by atoms with van der Waals surface area (Å²) in [7, 11) is 0. The molecule has 1 aromatic carbocycles. The summed E-state index contributed by atoms with van der Waals surface area (Å²) < 4.78 is 10.0. The van der Waals surface area contributed by atoms with Gasteiger partial charge in [-0.05, 0) is 31.6 Å². The summed E-state index contributed by atoms with van der Waals surface area (Å²) in [5.74, 6) is -0.858. The number of hydrogen-bond donors (Lipinski definition) is 1. The van der Waals surface area contributed by atoms with Crippen molar-refractivity contribution in [2.75, 3.05) is 6.61 Å². The number of phenols is 1. The Morgan fingerprint density at radius 3 is 2.73 bits per heavy atom. The Bertz CT molecular complexity index is 841. The van der Waals surface area contributed by atoms with E-state index in [0.29, 0.717) is 17.8 Å². The highest BCUT2D eigenvalue weighted by Gasteiger charge is 2.13. The average Bonchev–Trinajstić information content (AvgIpc) is 3.00. The predicted octanol–water partition coefficient (Wildman–Crippen LogP) is 2.34. The van der Waals surface area contributed by atoms with E-state index in [9.17, 15) is 14.7 Å². The molecule has 0 aliphatic rings. The van der Waals surface area contributed by atoms with Gasteiger partial charge in [0.2, 0.25) is 0 Å². The minimum absolute atomic E-state index is 0.0632. The van der Waals surface area contributed by atoms with Crippen LogP contribution in [0.1, 0.15) is 24.2 Å². The van der Waals surface area contributed by atoms with Crippen LogP contribution < -0.4 is 4.74 Å². The minimum Gasteiger partial charge on any atom is -0.506 e. The number of hydrogen-bond acceptors (Lipinski definition) is 7. The summed E-state index contributed by atoms with van der Waals surface area (Å²) in [6.45, 7) is 8.79. The molecule has 0 radical (unpaired) electrons. The fourth-order valence-corrected chi connectivity index (χ4v) is 2.04. The standard InChI is InChI=1S/C18H19N3O5/c1-4-14-12(3)19-21(20-14)15-11-13(8-9-16(15)22)26-18(24)7-6-10-25-17(23)5-2/h4-5,8-9,11,22H,1-2,6-7,10H2,3H3. The van der Waals surface area contributed by atoms with Gasteiger partial charge in [0.15, 0.2) is 0 Å². The molecular weight excluding hydrogens is 338 g/mol. The topological polar surface area (TPSA) is 104 Å². The third kappa shape index (κ3) is 4.79. The van der Waals surface area contributed by atoms with Crippen LogP contribution in [0.2, 0.25) is 0 Å². The Morgan fingerprint density at radius 2 is 2.08 bits per heavy atom. The molecule has 136 valence electrons. The van der Waals surface area contributed by atoms with Crippen LogP contribution >= 0.6 is 0 Å². The smallest absolute Gasteiger partial charge is 0.330 e. The number of carbonyl (C=O) groups excluding carboxylic acids is 2. The maximum absolute atomic E-state index is 11.9. The number of ether oxygens (including phenoxy) is 2. The van der Waals surface area contributed by atoms with E-state index in [4.69, 9.17) is 9.47 Å². The van der Waals surface area contributed by atoms with Crippen molar-refractivity contribution in [3.8, 4) is 17.2 Å². The van der Waals surface area contributed by atoms with Gasteiger partial charge in [-0.15, -0.1) is 9.90 Å². The Kier molecular flexibility index (Phi) is 6.26. The van der Waals surface area contributed by atoms with Crippen LogP contribution in [0.3, 0.4) is 0 Å². The molecular formula is C18H19N3O5. The molecule has 1 heterocycles. The fraction of sp³-hybridized carbons (Fsp3) is 0.222. The second kappa shape index (κ2) is 8.61. The number of aryl methyl sites for hydroxylation is 1. The molecule has 1 aromatic heterocycles. The first-order valence-electron chi connectivity index (χ1n) is 7.84. The molecule has 0 fully saturated rings. The first-order valence-corrected chi connectivity index (χ1v) is 7.84. The van der Waals surface area contributed by atoms with Crippen molar-refractivity contribution in [2.45, 2.75) is 19.8 Å². The van der Waals surface area contributed by atoms with E-state index in [2.05, 4.69) is 23.4 Å². The third-order valence-corrected chi connectivity index (χ3v) is 3.34. The van der Waals surface area contributed by atoms with Crippen LogP contribution in [0.5, 0.6) is 11.5 Å². The Hall–Kier alpha value is -3.42. The normalized spacial score (nSPS) is 10.2. The molecule has 2 aromatic rings. The number of esters is 2. The molecule has 0 amide bonds. The zero-order valence-corrected chi connectivity index (χ0v) is 14.3. The summed E-state index contributed by atoms with van der Waals surface area (Å²) in [6.07, 6.45) is 3.00. The highest BCUT2D eigenvalue weighted by molar-refractivity contribution is 5.81. The van der Waals surface area contributed by atoms with Crippen LogP contribution in [0.4, 0.5) is 0 Å². The number of phenolic OH excluding ortho intramolecular Hbond substituents is 1. The molecule has 0 spiro atoms. The lowest BCUT2D eigenvalue weighted by Gasteiger charge is -2.08. The van der Waals surface area contributed by atoms with Crippen molar-refractivity contribution in [3.05, 3.63) is 48.8 Å². The first-order chi connectivity index (χ1) is 12.4. The van der Waals surface area contributed by atoms with Crippen molar-refractivity contribution >= 4 is 18.0 Å². The number of carbonyl (C=O) groups is 2. The molecule has 8 heteroatoms. The van der Waals surface area contributed by atoms with E-state index < -0.39 is 11.9 Å². The quantitative estimate of drug-likeness (QED) is 0.335. The molecule has 0 bridgehead atoms. The van der Waals surface area contributed by atoms with E-state index in [1.165, 1.54) is 23.0 Å². The lowest BCUT2D eigenvalue weighted by molar-refractivity contribution is -0.140. The van der Waals surface area contributed by atoms with Crippen LogP contribution in [-0.2, 0) is 14.3 Å². The molecule has 0 aliphatic heterocycles. The molecule has 0 saturated carbocycles. The van der Waals surface area contributed by atoms with Crippen molar-refractivity contribution < 1.29 is 24.2 Å². The van der Waals surface area contributed by atoms with Gasteiger partial charge in [0.05, 0.1) is 12.3 Å². The highest BCUT2D eigenvalue weighted by atomic mass is 16.5. The monoisotopic (exact) mass is 357 g/mol. The van der Waals surface area contributed by atoms with Gasteiger partial charge in [-0.3, -0.25) is 4.79 Å². The molecule has 2 rings (SSSR count). The molecule has 0 atom stereocenters. The first kappa shape index (κ1) is 18.9. The Morgan fingerprint density at radius 1 is 1.31 bits per heavy atom. The molecule has 0 aliphatic carbocycles. The lowest BCUT2D eigenvalue weighted by atomic mass is 10.2. The second-order valence-electron chi connectivity index (χ2n) is 5.26. The van der Waals surface area contributed by atoms with Gasteiger partial charge in [0.1, 0.15) is 22.9 Å². The van der Waals surface area contributed by atoms with E-state index in [-0.39, 0.29) is 30.2 Å². The minimum atomic E-state index is -0.539. The maximum atomic E-state index is 11.9. The largest absolute Gasteiger partial charge is 0.506 e. The zero-order chi connectivity index (χ0) is 19.1. The van der Waals surface area contributed by atoms with Crippen molar-refractivity contribution in [3.63, 3.8) is 0 Å². The third-order valence-electron chi connectivity index (χ3n) is 3.34. The number of aromatic nitrogens is 3. The SMILES string of the molecule is C=CC(=O)OCCCC(=O)Oc1ccc(O)c(-n2nc(C)c(C=C)n2)c1. The van der Waals surface area contributed by atoms with Crippen LogP contribution in [0.25, 0.3) is 11.8 Å². The molecule has 0 saturated heterocycles. The van der Waals surface area contributed by atoms with Gasteiger partial charge < -0.3 is 14.6 Å². The van der Waals surface area contributed by atoms with Gasteiger partial charge in [-0.1, -0.05) is 13.2 Å². The highest BCUT2D eigenvalue weighted by Crippen LogP contribution is 2.26. The van der Waals surface area contributed by atoms with Gasteiger partial charge in [-0.2, -0.15) is 5.10 Å². The van der Waals surface area contributed by atoms with Crippen molar-refractivity contribution in [1.82, 2.24) is 15.0 Å². The predicted molar refractivity (Wildman–Crippen MR) is 93.9 cm³/mol. The van der Waals surface area contributed by atoms with Crippen LogP contribution in [0, 0.1) is 6.92 Å². The average molecular weight is 357 g/mol. The number of nitrogens with zero attached hydrogens (tertiary/aromatic N) is 3. The summed E-state index contributed by atoms with van der Waals surface area (Å²) >= 11 is 0. The van der Waals surface area contributed by atoms with Crippen molar-refractivity contribution in [2.24, 2.45) is 0 Å². The number of rotatable bonds is 8. The summed E-state index contributed by atoms with van der Waals surface area (Å²) in [4.78, 5) is 24.0. The molecule has 8 nitrogen and oxygen atoms in total. The number of benzene rings is 1. The van der Waals surface area contributed by atoms with Gasteiger partial charge >= 0.3 is 11.9 Å². The Labute approximate surface area is 150 Å². The van der Waals surface area contributed by atoms with Gasteiger partial charge in [0, 0.05) is 18.6 Å². The summed E-state index contributed by atoms with van der Waals surface area (Å²) in [5.41, 5.74) is 1.50. The lowest BCUT2D eigenvalue weighted by Crippen LogP contribution is -2.10. The van der Waals surface area contributed by atoms with E-state index in [1.54, 1.807) is 13.0 Å². The van der Waals surface area contributed by atoms with Gasteiger partial charge in [0.25, 0.3) is 0 Å². The van der Waals surface area contributed by atoms with Crippen LogP contribution in [0.15, 0.2) is 37.4 Å². The second-order valence-corrected chi connectivity index (χ2v) is 5.26. The summed E-state index contributed by atoms with van der Waals surface area (Å²) in [5, 5.41) is 18.4.